The van der Waals surface area contributed by atoms with Crippen molar-refractivity contribution < 1.29 is 0 Å². The molecule has 90 valence electrons. The van der Waals surface area contributed by atoms with E-state index in [1.54, 1.807) is 0 Å². The van der Waals surface area contributed by atoms with Crippen LogP contribution in [0.2, 0.25) is 0 Å². The lowest BCUT2D eigenvalue weighted by molar-refractivity contribution is 0.206. The fourth-order valence-electron chi connectivity index (χ4n) is 1.84. The van der Waals surface area contributed by atoms with Gasteiger partial charge in [-0.3, -0.25) is 4.90 Å². The van der Waals surface area contributed by atoms with Crippen LogP contribution in [-0.4, -0.2) is 17.5 Å². The van der Waals surface area contributed by atoms with Gasteiger partial charge in [0.05, 0.1) is 0 Å². The third kappa shape index (κ3) is 3.80. The number of hydrogen-bond acceptors (Lipinski definition) is 2. The third-order valence-electron chi connectivity index (χ3n) is 2.99. The molecule has 0 spiro atoms. The molecule has 0 saturated carbocycles. The van der Waals surface area contributed by atoms with Crippen molar-refractivity contribution in [3.8, 4) is 0 Å². The van der Waals surface area contributed by atoms with Crippen molar-refractivity contribution in [2.75, 3.05) is 12.3 Å². The molecule has 0 bridgehead atoms. The first-order valence-electron chi connectivity index (χ1n) is 5.85. The van der Waals surface area contributed by atoms with Gasteiger partial charge in [-0.1, -0.05) is 29.8 Å². The zero-order valence-electron chi connectivity index (χ0n) is 10.3. The Balaban J connectivity index is 2.77. The zero-order chi connectivity index (χ0) is 12.1. The van der Waals surface area contributed by atoms with Gasteiger partial charge in [0.2, 0.25) is 0 Å². The van der Waals surface area contributed by atoms with E-state index in [9.17, 15) is 0 Å². The number of anilines is 1. The van der Waals surface area contributed by atoms with E-state index in [1.165, 1.54) is 12.0 Å². The van der Waals surface area contributed by atoms with Crippen LogP contribution < -0.4 is 5.73 Å². The Morgan fingerprint density at radius 2 is 2.00 bits per heavy atom. The maximum Gasteiger partial charge on any atom is 0.0328 e. The third-order valence-corrected chi connectivity index (χ3v) is 3.44. The van der Waals surface area contributed by atoms with Gasteiger partial charge in [0.1, 0.15) is 0 Å². The second-order valence-corrected chi connectivity index (χ2v) is 5.13. The molecule has 0 aliphatic carbocycles. The van der Waals surface area contributed by atoms with Crippen LogP contribution in [0.15, 0.2) is 22.7 Å². The molecule has 0 radical (unpaired) electrons. The molecule has 0 aliphatic rings. The van der Waals surface area contributed by atoms with Crippen molar-refractivity contribution in [1.29, 1.82) is 0 Å². The van der Waals surface area contributed by atoms with Crippen molar-refractivity contribution in [2.45, 2.75) is 39.8 Å². The lowest BCUT2D eigenvalue weighted by Gasteiger charge is -2.27. The predicted octanol–water partition coefficient (Wildman–Crippen LogP) is 3.65. The molecule has 1 unspecified atom stereocenters. The highest BCUT2D eigenvalue weighted by molar-refractivity contribution is 9.10. The van der Waals surface area contributed by atoms with Gasteiger partial charge >= 0.3 is 0 Å². The monoisotopic (exact) mass is 284 g/mol. The summed E-state index contributed by atoms with van der Waals surface area (Å²) in [6.07, 6.45) is 1.18. The van der Waals surface area contributed by atoms with E-state index in [-0.39, 0.29) is 0 Å². The number of nitrogens with two attached hydrogens (primary N) is 1. The molecule has 1 aromatic carbocycles. The summed E-state index contributed by atoms with van der Waals surface area (Å²) in [5.74, 6) is 0. The van der Waals surface area contributed by atoms with Crippen LogP contribution in [0.1, 0.15) is 32.8 Å². The number of hydrogen-bond donors (Lipinski definition) is 1. The van der Waals surface area contributed by atoms with Gasteiger partial charge in [-0.25, -0.2) is 0 Å². The van der Waals surface area contributed by atoms with E-state index in [0.717, 1.165) is 23.2 Å². The average molecular weight is 285 g/mol. The zero-order valence-corrected chi connectivity index (χ0v) is 11.9. The van der Waals surface area contributed by atoms with Gasteiger partial charge in [-0.15, -0.1) is 0 Å². The highest BCUT2D eigenvalue weighted by Gasteiger charge is 2.10. The Kier molecular flexibility index (Phi) is 5.29. The van der Waals surface area contributed by atoms with E-state index in [0.29, 0.717) is 6.04 Å². The minimum atomic E-state index is 0.616. The maximum atomic E-state index is 5.84. The number of rotatable bonds is 5. The predicted molar refractivity (Wildman–Crippen MR) is 74.4 cm³/mol. The number of nitrogen functional groups attached to an aromatic ring is 1. The second kappa shape index (κ2) is 6.26. The van der Waals surface area contributed by atoms with Gasteiger partial charge < -0.3 is 5.73 Å². The van der Waals surface area contributed by atoms with Crippen LogP contribution in [-0.2, 0) is 6.54 Å². The lowest BCUT2D eigenvalue weighted by atomic mass is 10.1. The van der Waals surface area contributed by atoms with Gasteiger partial charge in [0.25, 0.3) is 0 Å². The van der Waals surface area contributed by atoms with Gasteiger partial charge in [-0.05, 0) is 43.7 Å². The van der Waals surface area contributed by atoms with Crippen molar-refractivity contribution in [3.63, 3.8) is 0 Å². The van der Waals surface area contributed by atoms with Crippen molar-refractivity contribution in [2.24, 2.45) is 0 Å². The van der Waals surface area contributed by atoms with E-state index >= 15 is 0 Å². The number of benzene rings is 1. The van der Waals surface area contributed by atoms with Crippen molar-refractivity contribution in [3.05, 3.63) is 28.2 Å². The molecule has 3 heteroatoms. The molecule has 2 N–H and O–H groups in total. The van der Waals surface area contributed by atoms with E-state index in [1.807, 2.05) is 6.07 Å². The smallest absolute Gasteiger partial charge is 0.0328 e. The van der Waals surface area contributed by atoms with Crippen LogP contribution in [0.4, 0.5) is 5.69 Å². The Labute approximate surface area is 107 Å². The fourth-order valence-corrected chi connectivity index (χ4v) is 2.40. The van der Waals surface area contributed by atoms with Crippen LogP contribution >= 0.6 is 15.9 Å². The summed E-state index contributed by atoms with van der Waals surface area (Å²) >= 11 is 3.48. The molecule has 1 aromatic rings. The lowest BCUT2D eigenvalue weighted by Crippen LogP contribution is -2.31. The van der Waals surface area contributed by atoms with E-state index in [4.69, 9.17) is 5.73 Å². The molecule has 0 heterocycles. The van der Waals surface area contributed by atoms with Crippen LogP contribution in [0.5, 0.6) is 0 Å². The summed E-state index contributed by atoms with van der Waals surface area (Å²) in [6.45, 7) is 8.73. The molecule has 0 amide bonds. The average Bonchev–Trinajstić information content (AvgIpc) is 2.23. The Morgan fingerprint density at radius 3 is 2.50 bits per heavy atom. The summed E-state index contributed by atoms with van der Waals surface area (Å²) in [5, 5.41) is 0. The van der Waals surface area contributed by atoms with Crippen LogP contribution in [0.25, 0.3) is 0 Å². The fraction of sp³-hybridized carbons (Fsp3) is 0.538. The first-order chi connectivity index (χ1) is 7.56. The van der Waals surface area contributed by atoms with Gasteiger partial charge in [0.15, 0.2) is 0 Å². The molecule has 1 atom stereocenters. The highest BCUT2D eigenvalue weighted by Crippen LogP contribution is 2.19. The van der Waals surface area contributed by atoms with Gasteiger partial charge in [0, 0.05) is 22.7 Å². The molecule has 16 heavy (non-hydrogen) atoms. The molecule has 1 rings (SSSR count). The summed E-state index contributed by atoms with van der Waals surface area (Å²) in [6, 6.07) is 6.74. The molecular weight excluding hydrogens is 264 g/mol. The quantitative estimate of drug-likeness (QED) is 0.837. The largest absolute Gasteiger partial charge is 0.399 e. The molecule has 0 fully saturated rings. The minimum Gasteiger partial charge on any atom is -0.399 e. The topological polar surface area (TPSA) is 29.3 Å². The molecule has 0 aliphatic heterocycles. The summed E-state index contributed by atoms with van der Waals surface area (Å²) < 4.78 is 1.06. The van der Waals surface area contributed by atoms with Crippen molar-refractivity contribution in [1.82, 2.24) is 4.90 Å². The molecular formula is C13H21BrN2. The second-order valence-electron chi connectivity index (χ2n) is 4.21. The Bertz CT molecular complexity index is 318. The normalized spacial score (nSPS) is 13.1. The first-order valence-corrected chi connectivity index (χ1v) is 6.65. The Hall–Kier alpha value is -0.540. The molecule has 2 nitrogen and oxygen atoms in total. The van der Waals surface area contributed by atoms with Gasteiger partial charge in [-0.2, -0.15) is 0 Å². The number of halogens is 1. The summed E-state index contributed by atoms with van der Waals surface area (Å²) in [5.41, 5.74) is 7.93. The summed E-state index contributed by atoms with van der Waals surface area (Å²) in [7, 11) is 0. The van der Waals surface area contributed by atoms with E-state index in [2.05, 4.69) is 53.7 Å². The Morgan fingerprint density at radius 1 is 1.31 bits per heavy atom. The van der Waals surface area contributed by atoms with Crippen LogP contribution in [0, 0.1) is 0 Å². The van der Waals surface area contributed by atoms with Crippen molar-refractivity contribution >= 4 is 21.6 Å². The SMILES string of the molecule is CCC(C)N(CC)Cc1cc(N)cc(Br)c1. The van der Waals surface area contributed by atoms with Crippen LogP contribution in [0.3, 0.4) is 0 Å². The minimum absolute atomic E-state index is 0.616. The molecule has 0 saturated heterocycles. The number of nitrogens with zero attached hydrogens (tertiary/aromatic N) is 1. The maximum absolute atomic E-state index is 5.84. The molecule has 0 aromatic heterocycles. The van der Waals surface area contributed by atoms with E-state index < -0.39 is 0 Å². The highest BCUT2D eigenvalue weighted by atomic mass is 79.9. The first kappa shape index (κ1) is 13.5. The standard InChI is InChI=1S/C13H21BrN2/c1-4-10(3)16(5-2)9-11-6-12(14)8-13(15)7-11/h6-8,10H,4-5,9,15H2,1-3H3. The summed E-state index contributed by atoms with van der Waals surface area (Å²) in [4.78, 5) is 2.46.